The molecule has 0 bridgehead atoms. The Hall–Kier alpha value is -1.39. The van der Waals surface area contributed by atoms with Crippen LogP contribution in [-0.2, 0) is 11.2 Å². The van der Waals surface area contributed by atoms with Crippen molar-refractivity contribution in [2.24, 2.45) is 5.73 Å². The molecule has 1 aromatic carbocycles. The van der Waals surface area contributed by atoms with Gasteiger partial charge in [-0.2, -0.15) is 0 Å². The molecule has 0 radical (unpaired) electrons. The predicted octanol–water partition coefficient (Wildman–Crippen LogP) is 0.444. The number of benzene rings is 1. The first-order valence-corrected chi connectivity index (χ1v) is 5.88. The predicted molar refractivity (Wildman–Crippen MR) is 67.4 cm³/mol. The molecule has 0 spiro atoms. The molecule has 0 saturated carbocycles. The van der Waals surface area contributed by atoms with Crippen molar-refractivity contribution in [2.45, 2.75) is 31.8 Å². The Morgan fingerprint density at radius 1 is 1.41 bits per heavy atom. The van der Waals surface area contributed by atoms with Crippen molar-refractivity contribution in [3.8, 4) is 0 Å². The number of amides is 1. The molecule has 4 N–H and O–H groups in total. The third kappa shape index (κ3) is 4.54. The molecule has 1 amide bonds. The van der Waals surface area contributed by atoms with Crippen LogP contribution >= 0.6 is 0 Å². The van der Waals surface area contributed by atoms with Crippen molar-refractivity contribution in [2.75, 3.05) is 6.61 Å². The van der Waals surface area contributed by atoms with Crippen LogP contribution in [0.5, 0.6) is 0 Å². The fourth-order valence-corrected chi connectivity index (χ4v) is 1.55. The van der Waals surface area contributed by atoms with Crippen molar-refractivity contribution < 1.29 is 9.90 Å². The topological polar surface area (TPSA) is 75.3 Å². The summed E-state index contributed by atoms with van der Waals surface area (Å²) in [5.41, 5.74) is 6.85. The van der Waals surface area contributed by atoms with Crippen LogP contribution in [-0.4, -0.2) is 29.7 Å². The summed E-state index contributed by atoms with van der Waals surface area (Å²) in [6.07, 6.45) is 1.20. The van der Waals surface area contributed by atoms with Gasteiger partial charge in [-0.25, -0.2) is 0 Å². The number of hydrogen-bond acceptors (Lipinski definition) is 3. The summed E-state index contributed by atoms with van der Waals surface area (Å²) in [6, 6.07) is 8.87. The van der Waals surface area contributed by atoms with Gasteiger partial charge in [0.05, 0.1) is 18.7 Å². The average Bonchev–Trinajstić information content (AvgIpc) is 2.36. The number of aliphatic hydroxyl groups is 1. The van der Waals surface area contributed by atoms with E-state index in [2.05, 4.69) is 5.32 Å². The summed E-state index contributed by atoms with van der Waals surface area (Å²) in [4.78, 5) is 11.7. The molecule has 1 rings (SSSR count). The Morgan fingerprint density at radius 3 is 2.59 bits per heavy atom. The zero-order chi connectivity index (χ0) is 12.7. The summed E-state index contributed by atoms with van der Waals surface area (Å²) in [7, 11) is 0. The number of rotatable bonds is 6. The molecular formula is C13H20N2O2. The van der Waals surface area contributed by atoms with Gasteiger partial charge < -0.3 is 16.2 Å². The van der Waals surface area contributed by atoms with Gasteiger partial charge in [0.25, 0.3) is 0 Å². The van der Waals surface area contributed by atoms with Gasteiger partial charge in [0.2, 0.25) is 5.91 Å². The maximum absolute atomic E-state index is 11.7. The van der Waals surface area contributed by atoms with E-state index in [0.29, 0.717) is 12.8 Å². The molecule has 0 aliphatic rings. The van der Waals surface area contributed by atoms with E-state index < -0.39 is 6.04 Å². The van der Waals surface area contributed by atoms with Crippen molar-refractivity contribution in [1.82, 2.24) is 5.32 Å². The van der Waals surface area contributed by atoms with Gasteiger partial charge >= 0.3 is 0 Å². The molecular weight excluding hydrogens is 216 g/mol. The second-order valence-corrected chi connectivity index (χ2v) is 4.09. The van der Waals surface area contributed by atoms with E-state index in [9.17, 15) is 4.79 Å². The molecule has 94 valence electrons. The van der Waals surface area contributed by atoms with Crippen LogP contribution in [0.4, 0.5) is 0 Å². The normalized spacial score (nSPS) is 14.1. The van der Waals surface area contributed by atoms with E-state index in [1.54, 1.807) is 0 Å². The van der Waals surface area contributed by atoms with Crippen molar-refractivity contribution in [3.05, 3.63) is 35.9 Å². The maximum Gasteiger partial charge on any atom is 0.237 e. The third-order valence-electron chi connectivity index (χ3n) is 2.69. The lowest BCUT2D eigenvalue weighted by molar-refractivity contribution is -0.123. The van der Waals surface area contributed by atoms with E-state index in [0.717, 1.165) is 5.56 Å². The van der Waals surface area contributed by atoms with E-state index >= 15 is 0 Å². The Morgan fingerprint density at radius 2 is 2.06 bits per heavy atom. The number of nitrogens with two attached hydrogens (primary N) is 1. The molecule has 0 unspecified atom stereocenters. The third-order valence-corrected chi connectivity index (χ3v) is 2.69. The fourth-order valence-electron chi connectivity index (χ4n) is 1.55. The highest BCUT2D eigenvalue weighted by Crippen LogP contribution is 2.02. The van der Waals surface area contributed by atoms with Gasteiger partial charge in [-0.15, -0.1) is 0 Å². The molecule has 0 aromatic heterocycles. The standard InChI is InChI=1S/C13H20N2O2/c1-2-11(9-16)15-13(17)12(14)8-10-6-4-3-5-7-10/h3-7,11-12,16H,2,8-9,14H2,1H3,(H,15,17)/t11-,12-/m0/s1. The van der Waals surface area contributed by atoms with Gasteiger partial charge in [-0.1, -0.05) is 37.3 Å². The highest BCUT2D eigenvalue weighted by atomic mass is 16.3. The second kappa shape index (κ2) is 7.04. The van der Waals surface area contributed by atoms with Gasteiger partial charge in [0, 0.05) is 0 Å². The van der Waals surface area contributed by atoms with Gasteiger partial charge in [-0.05, 0) is 18.4 Å². The van der Waals surface area contributed by atoms with Gasteiger partial charge in [0.15, 0.2) is 0 Å². The average molecular weight is 236 g/mol. The molecule has 0 saturated heterocycles. The fraction of sp³-hybridized carbons (Fsp3) is 0.462. The van der Waals surface area contributed by atoms with Crippen LogP contribution in [0.25, 0.3) is 0 Å². The lowest BCUT2D eigenvalue weighted by atomic mass is 10.1. The Kier molecular flexibility index (Phi) is 5.66. The minimum Gasteiger partial charge on any atom is -0.394 e. The van der Waals surface area contributed by atoms with Crippen LogP contribution in [0.2, 0.25) is 0 Å². The largest absolute Gasteiger partial charge is 0.394 e. The second-order valence-electron chi connectivity index (χ2n) is 4.09. The Labute approximate surface area is 102 Å². The lowest BCUT2D eigenvalue weighted by Crippen LogP contribution is -2.47. The van der Waals surface area contributed by atoms with Crippen molar-refractivity contribution in [1.29, 1.82) is 0 Å². The number of aliphatic hydroxyl groups excluding tert-OH is 1. The lowest BCUT2D eigenvalue weighted by Gasteiger charge is -2.17. The molecule has 0 heterocycles. The van der Waals surface area contributed by atoms with E-state index in [1.807, 2.05) is 37.3 Å². The van der Waals surface area contributed by atoms with Crippen LogP contribution in [0.1, 0.15) is 18.9 Å². The molecule has 4 nitrogen and oxygen atoms in total. The number of nitrogens with one attached hydrogen (secondary N) is 1. The van der Waals surface area contributed by atoms with Crippen molar-refractivity contribution >= 4 is 5.91 Å². The van der Waals surface area contributed by atoms with Crippen LogP contribution < -0.4 is 11.1 Å². The molecule has 1 aromatic rings. The van der Waals surface area contributed by atoms with Gasteiger partial charge in [-0.3, -0.25) is 4.79 Å². The SMILES string of the molecule is CC[C@@H](CO)NC(=O)[C@@H](N)Cc1ccccc1. The molecule has 2 atom stereocenters. The first kappa shape index (κ1) is 13.7. The summed E-state index contributed by atoms with van der Waals surface area (Å²) in [5.74, 6) is -0.213. The monoisotopic (exact) mass is 236 g/mol. The molecule has 17 heavy (non-hydrogen) atoms. The molecule has 4 heteroatoms. The summed E-state index contributed by atoms with van der Waals surface area (Å²) in [5, 5.41) is 11.7. The number of hydrogen-bond donors (Lipinski definition) is 3. The van der Waals surface area contributed by atoms with E-state index in [1.165, 1.54) is 0 Å². The van der Waals surface area contributed by atoms with Crippen LogP contribution in [0.15, 0.2) is 30.3 Å². The maximum atomic E-state index is 11.7. The van der Waals surface area contributed by atoms with Gasteiger partial charge in [0.1, 0.15) is 0 Å². The molecule has 0 fully saturated rings. The van der Waals surface area contributed by atoms with Crippen molar-refractivity contribution in [3.63, 3.8) is 0 Å². The molecule has 0 aliphatic heterocycles. The smallest absolute Gasteiger partial charge is 0.237 e. The number of carbonyl (C=O) groups is 1. The first-order chi connectivity index (χ1) is 8.17. The Bertz CT molecular complexity index is 337. The Balaban J connectivity index is 2.47. The minimum atomic E-state index is -0.571. The van der Waals surface area contributed by atoms with Crippen LogP contribution in [0, 0.1) is 0 Å². The quantitative estimate of drug-likeness (QED) is 0.671. The number of carbonyl (C=O) groups excluding carboxylic acids is 1. The summed E-state index contributed by atoms with van der Waals surface area (Å²) >= 11 is 0. The van der Waals surface area contributed by atoms with E-state index in [-0.39, 0.29) is 18.6 Å². The highest BCUT2D eigenvalue weighted by molar-refractivity contribution is 5.82. The van der Waals surface area contributed by atoms with E-state index in [4.69, 9.17) is 10.8 Å². The van der Waals surface area contributed by atoms with Crippen LogP contribution in [0.3, 0.4) is 0 Å². The summed E-state index contributed by atoms with van der Waals surface area (Å²) < 4.78 is 0. The minimum absolute atomic E-state index is 0.0553. The highest BCUT2D eigenvalue weighted by Gasteiger charge is 2.16. The summed E-state index contributed by atoms with van der Waals surface area (Å²) in [6.45, 7) is 1.85. The first-order valence-electron chi connectivity index (χ1n) is 5.88. The zero-order valence-electron chi connectivity index (χ0n) is 10.1. The zero-order valence-corrected chi connectivity index (χ0v) is 10.1. The molecule has 0 aliphatic carbocycles.